The van der Waals surface area contributed by atoms with Gasteiger partial charge in [0.25, 0.3) is 5.91 Å². The summed E-state index contributed by atoms with van der Waals surface area (Å²) in [5.74, 6) is -0.909. The molecule has 3 aromatic rings. The lowest BCUT2D eigenvalue weighted by Gasteiger charge is -2.16. The lowest BCUT2D eigenvalue weighted by Crippen LogP contribution is -2.25. The average molecular weight is 423 g/mol. The zero-order chi connectivity index (χ0) is 21.5. The molecule has 1 unspecified atom stereocenters. The van der Waals surface area contributed by atoms with Crippen LogP contribution >= 0.6 is 11.8 Å². The van der Waals surface area contributed by atoms with Gasteiger partial charge >= 0.3 is 0 Å². The van der Waals surface area contributed by atoms with Crippen LogP contribution in [0, 0.1) is 12.7 Å². The Morgan fingerprint density at radius 1 is 0.967 bits per heavy atom. The van der Waals surface area contributed by atoms with Crippen LogP contribution in [-0.2, 0) is 4.79 Å². The first-order valence-corrected chi connectivity index (χ1v) is 10.5. The van der Waals surface area contributed by atoms with Gasteiger partial charge in [-0.2, -0.15) is 0 Å². The summed E-state index contributed by atoms with van der Waals surface area (Å²) in [5.41, 5.74) is 2.33. The number of thioether (sulfide) groups is 1. The molecule has 1 atom stereocenters. The smallest absolute Gasteiger partial charge is 0.255 e. The van der Waals surface area contributed by atoms with Crippen LogP contribution in [0.1, 0.15) is 29.3 Å². The van der Waals surface area contributed by atoms with Gasteiger partial charge in [-0.1, -0.05) is 43.3 Å². The molecule has 0 aliphatic carbocycles. The first kappa shape index (κ1) is 21.6. The van der Waals surface area contributed by atoms with E-state index in [2.05, 4.69) is 10.6 Å². The first-order valence-electron chi connectivity index (χ1n) is 9.67. The van der Waals surface area contributed by atoms with E-state index in [1.165, 1.54) is 23.9 Å². The Bertz CT molecular complexity index is 1050. The summed E-state index contributed by atoms with van der Waals surface area (Å²) < 4.78 is 13.8. The van der Waals surface area contributed by atoms with Crippen LogP contribution in [0.25, 0.3) is 0 Å². The molecule has 0 saturated carbocycles. The average Bonchev–Trinajstić information content (AvgIpc) is 2.74. The summed E-state index contributed by atoms with van der Waals surface area (Å²) in [7, 11) is 0. The maximum Gasteiger partial charge on any atom is 0.255 e. The van der Waals surface area contributed by atoms with Crippen LogP contribution < -0.4 is 10.6 Å². The molecular formula is C24H23FN2O2S. The number of hydrogen-bond acceptors (Lipinski definition) is 3. The topological polar surface area (TPSA) is 58.2 Å². The van der Waals surface area contributed by atoms with E-state index in [9.17, 15) is 14.0 Å². The number of carbonyl (C=O) groups excluding carboxylic acids is 2. The van der Waals surface area contributed by atoms with E-state index in [1.54, 1.807) is 24.3 Å². The normalized spacial score (nSPS) is 11.6. The van der Waals surface area contributed by atoms with Crippen molar-refractivity contribution in [1.29, 1.82) is 0 Å². The van der Waals surface area contributed by atoms with Crippen LogP contribution in [0.4, 0.5) is 15.8 Å². The van der Waals surface area contributed by atoms with Crippen LogP contribution in [0.5, 0.6) is 0 Å². The molecule has 0 saturated heterocycles. The van der Waals surface area contributed by atoms with Crippen molar-refractivity contribution >= 4 is 35.0 Å². The van der Waals surface area contributed by atoms with E-state index in [0.29, 0.717) is 17.7 Å². The highest BCUT2D eigenvalue weighted by Crippen LogP contribution is 2.29. The highest BCUT2D eigenvalue weighted by molar-refractivity contribution is 8.00. The van der Waals surface area contributed by atoms with Crippen LogP contribution in [-0.4, -0.2) is 17.1 Å². The molecule has 0 heterocycles. The fourth-order valence-corrected chi connectivity index (χ4v) is 3.95. The third-order valence-corrected chi connectivity index (χ3v) is 5.91. The van der Waals surface area contributed by atoms with E-state index in [0.717, 1.165) is 10.5 Å². The van der Waals surface area contributed by atoms with Gasteiger partial charge in [-0.25, -0.2) is 4.39 Å². The Labute approximate surface area is 179 Å². The number of carbonyl (C=O) groups is 2. The molecular weight excluding hydrogens is 399 g/mol. The molecule has 2 amide bonds. The highest BCUT2D eigenvalue weighted by Gasteiger charge is 2.19. The van der Waals surface area contributed by atoms with Crippen LogP contribution in [0.15, 0.2) is 77.7 Å². The molecule has 0 bridgehead atoms. The van der Waals surface area contributed by atoms with E-state index in [4.69, 9.17) is 0 Å². The Kier molecular flexibility index (Phi) is 7.25. The minimum atomic E-state index is -0.466. The van der Waals surface area contributed by atoms with Gasteiger partial charge in [0.05, 0.1) is 10.9 Å². The zero-order valence-corrected chi connectivity index (χ0v) is 17.6. The SMILES string of the molecule is CCC(Sc1cccc(NC(=O)c2ccccc2C)c1)C(=O)Nc1ccccc1F. The van der Waals surface area contributed by atoms with E-state index in [1.807, 2.05) is 50.2 Å². The fraction of sp³-hybridized carbons (Fsp3) is 0.167. The number of halogens is 1. The Morgan fingerprint density at radius 3 is 2.43 bits per heavy atom. The van der Waals surface area contributed by atoms with Crippen molar-refractivity contribution in [2.24, 2.45) is 0 Å². The number of anilines is 2. The standard InChI is InChI=1S/C24H23FN2O2S/c1-3-22(24(29)27-21-14-7-6-13-20(21)25)30-18-11-8-10-17(15-18)26-23(28)19-12-5-4-9-16(19)2/h4-15,22H,3H2,1-2H3,(H,26,28)(H,27,29). The maximum absolute atomic E-state index is 13.8. The monoisotopic (exact) mass is 422 g/mol. The third kappa shape index (κ3) is 5.48. The van der Waals surface area contributed by atoms with E-state index >= 15 is 0 Å². The summed E-state index contributed by atoms with van der Waals surface area (Å²) in [6, 6.07) is 20.8. The Hall–Kier alpha value is -3.12. The maximum atomic E-state index is 13.8. The molecule has 6 heteroatoms. The van der Waals surface area contributed by atoms with Crippen LogP contribution in [0.3, 0.4) is 0 Å². The van der Waals surface area contributed by atoms with Crippen molar-refractivity contribution in [2.45, 2.75) is 30.4 Å². The Balaban J connectivity index is 1.68. The second-order valence-corrected chi connectivity index (χ2v) is 8.06. The summed E-state index contributed by atoms with van der Waals surface area (Å²) >= 11 is 1.38. The van der Waals surface area contributed by atoms with Gasteiger partial charge in [-0.15, -0.1) is 11.8 Å². The Morgan fingerprint density at radius 2 is 1.70 bits per heavy atom. The lowest BCUT2D eigenvalue weighted by atomic mass is 10.1. The van der Waals surface area contributed by atoms with Crippen molar-refractivity contribution in [3.05, 3.63) is 89.7 Å². The first-order chi connectivity index (χ1) is 14.5. The van der Waals surface area contributed by atoms with Gasteiger partial charge < -0.3 is 10.6 Å². The predicted molar refractivity (Wildman–Crippen MR) is 121 cm³/mol. The molecule has 154 valence electrons. The van der Waals surface area contributed by atoms with E-state index in [-0.39, 0.29) is 17.5 Å². The summed E-state index contributed by atoms with van der Waals surface area (Å²) in [6.07, 6.45) is 0.574. The highest BCUT2D eigenvalue weighted by atomic mass is 32.2. The molecule has 30 heavy (non-hydrogen) atoms. The fourth-order valence-electron chi connectivity index (χ4n) is 2.94. The molecule has 0 spiro atoms. The van der Waals surface area contributed by atoms with Crippen LogP contribution in [0.2, 0.25) is 0 Å². The van der Waals surface area contributed by atoms with Crippen molar-refractivity contribution in [3.8, 4) is 0 Å². The number of rotatable bonds is 7. The molecule has 0 aliphatic heterocycles. The number of aryl methyl sites for hydroxylation is 1. The summed E-state index contributed by atoms with van der Waals surface area (Å²) in [4.78, 5) is 26.0. The molecule has 4 nitrogen and oxygen atoms in total. The minimum absolute atomic E-state index is 0.167. The van der Waals surface area contributed by atoms with Gasteiger partial charge in [0.2, 0.25) is 5.91 Å². The van der Waals surface area contributed by atoms with Gasteiger partial charge in [0.1, 0.15) is 5.82 Å². The molecule has 2 N–H and O–H groups in total. The summed E-state index contributed by atoms with van der Waals surface area (Å²) in [5, 5.41) is 5.16. The van der Waals surface area contributed by atoms with Crippen molar-refractivity contribution < 1.29 is 14.0 Å². The van der Waals surface area contributed by atoms with Gasteiger partial charge in [0.15, 0.2) is 0 Å². The largest absolute Gasteiger partial charge is 0.323 e. The van der Waals surface area contributed by atoms with E-state index < -0.39 is 11.1 Å². The zero-order valence-electron chi connectivity index (χ0n) is 16.8. The molecule has 3 rings (SSSR count). The lowest BCUT2D eigenvalue weighted by molar-refractivity contribution is -0.115. The number of benzene rings is 3. The summed E-state index contributed by atoms with van der Waals surface area (Å²) in [6.45, 7) is 3.80. The predicted octanol–water partition coefficient (Wildman–Crippen LogP) is 5.90. The minimum Gasteiger partial charge on any atom is -0.323 e. The molecule has 0 aliphatic rings. The molecule has 3 aromatic carbocycles. The number of nitrogens with one attached hydrogen (secondary N) is 2. The molecule has 0 aromatic heterocycles. The van der Waals surface area contributed by atoms with Gasteiger partial charge in [-0.05, 0) is 55.3 Å². The van der Waals surface area contributed by atoms with Gasteiger partial charge in [-0.3, -0.25) is 9.59 Å². The van der Waals surface area contributed by atoms with Gasteiger partial charge in [0, 0.05) is 16.1 Å². The number of para-hydroxylation sites is 1. The second-order valence-electron chi connectivity index (χ2n) is 6.78. The van der Waals surface area contributed by atoms with Crippen molar-refractivity contribution in [1.82, 2.24) is 0 Å². The molecule has 0 fully saturated rings. The van der Waals surface area contributed by atoms with Crippen molar-refractivity contribution in [3.63, 3.8) is 0 Å². The molecule has 0 radical (unpaired) electrons. The van der Waals surface area contributed by atoms with Crippen molar-refractivity contribution in [2.75, 3.05) is 10.6 Å². The third-order valence-electron chi connectivity index (χ3n) is 4.55. The quantitative estimate of drug-likeness (QED) is 0.466. The second kappa shape index (κ2) is 10.1. The number of hydrogen-bond donors (Lipinski definition) is 2. The number of amides is 2.